The van der Waals surface area contributed by atoms with E-state index in [-0.39, 0.29) is 10.6 Å². The lowest BCUT2D eigenvalue weighted by molar-refractivity contribution is -0.384. The average molecular weight is 313 g/mol. The van der Waals surface area contributed by atoms with Crippen LogP contribution in [-0.4, -0.2) is 11.0 Å². The third-order valence-electron chi connectivity index (χ3n) is 3.69. The molecule has 1 aliphatic rings. The average Bonchev–Trinajstić information content (AvgIpc) is 2.78. The molecule has 0 amide bonds. The van der Waals surface area contributed by atoms with Crippen LogP contribution in [0, 0.1) is 16.0 Å². The van der Waals surface area contributed by atoms with Gasteiger partial charge in [0.25, 0.3) is 5.69 Å². The van der Waals surface area contributed by atoms with Gasteiger partial charge < -0.3 is 5.32 Å². The lowest BCUT2D eigenvalue weighted by Gasteiger charge is -2.21. The first-order chi connectivity index (χ1) is 8.61. The molecule has 0 heterocycles. The Morgan fingerprint density at radius 3 is 2.89 bits per heavy atom. The SMILES string of the molecule is CCC1CCCC1Nc1ccc([N+](=O)[O-])cc1Br. The van der Waals surface area contributed by atoms with Gasteiger partial charge in [-0.25, -0.2) is 0 Å². The van der Waals surface area contributed by atoms with Crippen LogP contribution in [0.5, 0.6) is 0 Å². The number of halogens is 1. The van der Waals surface area contributed by atoms with Gasteiger partial charge in [-0.2, -0.15) is 0 Å². The molecule has 18 heavy (non-hydrogen) atoms. The quantitative estimate of drug-likeness (QED) is 0.664. The van der Waals surface area contributed by atoms with Crippen molar-refractivity contribution in [1.82, 2.24) is 0 Å². The van der Waals surface area contributed by atoms with Gasteiger partial charge in [0.2, 0.25) is 0 Å². The summed E-state index contributed by atoms with van der Waals surface area (Å²) in [4.78, 5) is 10.3. The van der Waals surface area contributed by atoms with Gasteiger partial charge in [0.05, 0.1) is 4.92 Å². The highest BCUT2D eigenvalue weighted by Gasteiger charge is 2.26. The Labute approximate surface area is 115 Å². The number of nitro groups is 1. The second-order valence-electron chi connectivity index (χ2n) is 4.77. The largest absolute Gasteiger partial charge is 0.381 e. The van der Waals surface area contributed by atoms with Crippen molar-refractivity contribution >= 4 is 27.3 Å². The first-order valence-electron chi connectivity index (χ1n) is 6.32. The van der Waals surface area contributed by atoms with E-state index in [1.54, 1.807) is 18.2 Å². The lowest BCUT2D eigenvalue weighted by Crippen LogP contribution is -2.23. The number of hydrogen-bond donors (Lipinski definition) is 1. The molecule has 1 fully saturated rings. The molecule has 0 spiro atoms. The number of anilines is 1. The summed E-state index contributed by atoms with van der Waals surface area (Å²) in [7, 11) is 0. The van der Waals surface area contributed by atoms with Crippen LogP contribution in [0.4, 0.5) is 11.4 Å². The molecule has 0 saturated heterocycles. The lowest BCUT2D eigenvalue weighted by atomic mass is 10.0. The van der Waals surface area contributed by atoms with Gasteiger partial charge in [-0.1, -0.05) is 19.8 Å². The van der Waals surface area contributed by atoms with E-state index >= 15 is 0 Å². The number of nitro benzene ring substituents is 1. The fourth-order valence-corrected chi connectivity index (χ4v) is 3.13. The van der Waals surface area contributed by atoms with Crippen molar-refractivity contribution in [1.29, 1.82) is 0 Å². The van der Waals surface area contributed by atoms with Gasteiger partial charge >= 0.3 is 0 Å². The van der Waals surface area contributed by atoms with E-state index in [0.29, 0.717) is 12.0 Å². The molecule has 0 bridgehead atoms. The number of benzene rings is 1. The van der Waals surface area contributed by atoms with Crippen LogP contribution in [0.25, 0.3) is 0 Å². The fourth-order valence-electron chi connectivity index (χ4n) is 2.65. The zero-order valence-corrected chi connectivity index (χ0v) is 11.9. The zero-order valence-electron chi connectivity index (χ0n) is 10.4. The normalized spacial score (nSPS) is 23.0. The van der Waals surface area contributed by atoms with E-state index < -0.39 is 0 Å². The first kappa shape index (κ1) is 13.3. The van der Waals surface area contributed by atoms with E-state index in [4.69, 9.17) is 0 Å². The topological polar surface area (TPSA) is 55.2 Å². The van der Waals surface area contributed by atoms with E-state index in [9.17, 15) is 10.1 Å². The highest BCUT2D eigenvalue weighted by Crippen LogP contribution is 2.34. The van der Waals surface area contributed by atoms with Crippen LogP contribution in [-0.2, 0) is 0 Å². The first-order valence-corrected chi connectivity index (χ1v) is 7.11. The molecular formula is C13H17BrN2O2. The monoisotopic (exact) mass is 312 g/mol. The summed E-state index contributed by atoms with van der Waals surface area (Å²) in [5.74, 6) is 0.715. The minimum Gasteiger partial charge on any atom is -0.381 e. The van der Waals surface area contributed by atoms with Gasteiger partial charge in [0, 0.05) is 28.3 Å². The van der Waals surface area contributed by atoms with Crippen molar-refractivity contribution in [3.8, 4) is 0 Å². The van der Waals surface area contributed by atoms with Crippen LogP contribution in [0.2, 0.25) is 0 Å². The van der Waals surface area contributed by atoms with Crippen molar-refractivity contribution in [3.63, 3.8) is 0 Å². The van der Waals surface area contributed by atoms with Crippen molar-refractivity contribution in [2.75, 3.05) is 5.32 Å². The summed E-state index contributed by atoms with van der Waals surface area (Å²) in [5, 5.41) is 14.2. The Bertz CT molecular complexity index is 451. The molecule has 0 aliphatic heterocycles. The molecule has 0 radical (unpaired) electrons. The predicted molar refractivity (Wildman–Crippen MR) is 75.8 cm³/mol. The van der Waals surface area contributed by atoms with Gasteiger partial charge in [-0.15, -0.1) is 0 Å². The second kappa shape index (κ2) is 5.69. The Balaban J connectivity index is 2.12. The highest BCUT2D eigenvalue weighted by atomic mass is 79.9. The summed E-state index contributed by atoms with van der Waals surface area (Å²) in [5.41, 5.74) is 1.07. The van der Waals surface area contributed by atoms with E-state index in [1.807, 2.05) is 0 Å². The van der Waals surface area contributed by atoms with E-state index in [0.717, 1.165) is 10.2 Å². The minimum atomic E-state index is -0.376. The third-order valence-corrected chi connectivity index (χ3v) is 4.34. The Morgan fingerprint density at radius 2 is 2.28 bits per heavy atom. The van der Waals surface area contributed by atoms with Crippen molar-refractivity contribution < 1.29 is 4.92 Å². The molecule has 1 N–H and O–H groups in total. The van der Waals surface area contributed by atoms with Crippen molar-refractivity contribution in [2.45, 2.75) is 38.6 Å². The number of nitrogens with one attached hydrogen (secondary N) is 1. The zero-order chi connectivity index (χ0) is 13.1. The smallest absolute Gasteiger partial charge is 0.270 e. The third kappa shape index (κ3) is 2.83. The Hall–Kier alpha value is -1.10. The maximum absolute atomic E-state index is 10.7. The molecule has 2 unspecified atom stereocenters. The van der Waals surface area contributed by atoms with Crippen LogP contribution in [0.1, 0.15) is 32.6 Å². The molecule has 2 rings (SSSR count). The molecule has 1 aliphatic carbocycles. The van der Waals surface area contributed by atoms with Crippen LogP contribution in [0.15, 0.2) is 22.7 Å². The summed E-state index contributed by atoms with van der Waals surface area (Å²) >= 11 is 3.40. The summed E-state index contributed by atoms with van der Waals surface area (Å²) in [6.45, 7) is 2.22. The molecule has 0 aromatic heterocycles. The number of hydrogen-bond acceptors (Lipinski definition) is 3. The van der Waals surface area contributed by atoms with Crippen molar-refractivity contribution in [2.24, 2.45) is 5.92 Å². The van der Waals surface area contributed by atoms with Crippen LogP contribution < -0.4 is 5.32 Å². The number of rotatable bonds is 4. The Morgan fingerprint density at radius 1 is 1.50 bits per heavy atom. The molecule has 1 saturated carbocycles. The summed E-state index contributed by atoms with van der Waals surface area (Å²) in [6.07, 6.45) is 4.91. The van der Waals surface area contributed by atoms with Crippen molar-refractivity contribution in [3.05, 3.63) is 32.8 Å². The molecule has 4 nitrogen and oxygen atoms in total. The van der Waals surface area contributed by atoms with Gasteiger partial charge in [-0.05, 0) is 40.8 Å². The molecule has 1 aromatic carbocycles. The van der Waals surface area contributed by atoms with Gasteiger partial charge in [0.15, 0.2) is 0 Å². The summed E-state index contributed by atoms with van der Waals surface area (Å²) in [6, 6.07) is 5.38. The molecular weight excluding hydrogens is 296 g/mol. The molecule has 98 valence electrons. The minimum absolute atomic E-state index is 0.117. The maximum atomic E-state index is 10.7. The highest BCUT2D eigenvalue weighted by molar-refractivity contribution is 9.10. The number of non-ortho nitro benzene ring substituents is 1. The molecule has 1 aromatic rings. The van der Waals surface area contributed by atoms with E-state index in [2.05, 4.69) is 28.2 Å². The second-order valence-corrected chi connectivity index (χ2v) is 5.63. The van der Waals surface area contributed by atoms with Crippen LogP contribution >= 0.6 is 15.9 Å². The predicted octanol–water partition coefficient (Wildman–Crippen LogP) is 4.35. The summed E-state index contributed by atoms with van der Waals surface area (Å²) < 4.78 is 0.762. The maximum Gasteiger partial charge on any atom is 0.270 e. The van der Waals surface area contributed by atoms with Gasteiger partial charge in [0.1, 0.15) is 0 Å². The molecule has 2 atom stereocenters. The van der Waals surface area contributed by atoms with Gasteiger partial charge in [-0.3, -0.25) is 10.1 Å². The van der Waals surface area contributed by atoms with E-state index in [1.165, 1.54) is 25.7 Å². The number of nitrogens with zero attached hydrogens (tertiary/aromatic N) is 1. The molecule has 5 heteroatoms. The Kier molecular flexibility index (Phi) is 4.22. The standard InChI is InChI=1S/C13H17BrN2O2/c1-2-9-4-3-5-12(9)15-13-7-6-10(16(17)18)8-11(13)14/h6-9,12,15H,2-5H2,1H3. The van der Waals surface area contributed by atoms with Crippen LogP contribution in [0.3, 0.4) is 0 Å². The fraction of sp³-hybridized carbons (Fsp3) is 0.538.